The molecule has 2 atom stereocenters. The molecule has 0 unspecified atom stereocenters. The topological polar surface area (TPSA) is 51.0 Å². The summed E-state index contributed by atoms with van der Waals surface area (Å²) in [6, 6.07) is 10.1. The van der Waals surface area contributed by atoms with Crippen LogP contribution in [0.2, 0.25) is 0 Å². The molecule has 0 fully saturated rings. The molecule has 4 nitrogen and oxygen atoms in total. The number of nitrogens with zero attached hydrogens (tertiary/aromatic N) is 1. The fraction of sp³-hybridized carbons (Fsp3) is 0.650. The zero-order chi connectivity index (χ0) is 17.0. The normalized spacial score (nSPS) is 18.2. The number of unbranched alkanes of at least 4 members (excludes halogenated alkanes) is 4. The third kappa shape index (κ3) is 7.02. The lowest BCUT2D eigenvalue weighted by Gasteiger charge is -2.08. The van der Waals surface area contributed by atoms with Gasteiger partial charge in [-0.2, -0.15) is 0 Å². The average molecular weight is 333 g/mol. The van der Waals surface area contributed by atoms with Gasteiger partial charge in [0.05, 0.1) is 12.7 Å². The summed E-state index contributed by atoms with van der Waals surface area (Å²) in [5.41, 5.74) is 1.04. The minimum Gasteiger partial charge on any atom is -0.475 e. The third-order valence-electron chi connectivity index (χ3n) is 4.34. The Morgan fingerprint density at radius 3 is 2.71 bits per heavy atom. The molecular weight excluding hydrogens is 302 g/mol. The summed E-state index contributed by atoms with van der Waals surface area (Å²) in [7, 11) is 0. The Bertz CT molecular complexity index is 475. The summed E-state index contributed by atoms with van der Waals surface area (Å²) in [5.74, 6) is 0.735. The molecule has 1 aromatic rings. The molecule has 1 heterocycles. The number of rotatable bonds is 12. The molecule has 24 heavy (non-hydrogen) atoms. The first-order valence-corrected chi connectivity index (χ1v) is 9.31. The number of ether oxygens (including phenoxy) is 2. The van der Waals surface area contributed by atoms with E-state index >= 15 is 0 Å². The van der Waals surface area contributed by atoms with Crippen molar-refractivity contribution in [3.63, 3.8) is 0 Å². The van der Waals surface area contributed by atoms with Crippen molar-refractivity contribution >= 4 is 5.90 Å². The predicted molar refractivity (Wildman–Crippen MR) is 97.5 cm³/mol. The van der Waals surface area contributed by atoms with Gasteiger partial charge in [-0.05, 0) is 31.4 Å². The van der Waals surface area contributed by atoms with E-state index in [9.17, 15) is 5.11 Å². The zero-order valence-electron chi connectivity index (χ0n) is 14.8. The lowest BCUT2D eigenvalue weighted by Crippen LogP contribution is -2.15. The van der Waals surface area contributed by atoms with Crippen LogP contribution in [0.1, 0.15) is 57.4 Å². The maximum absolute atomic E-state index is 9.48. The second-order valence-corrected chi connectivity index (χ2v) is 6.46. The second kappa shape index (κ2) is 11.2. The molecule has 1 aliphatic rings. The van der Waals surface area contributed by atoms with Crippen LogP contribution >= 0.6 is 0 Å². The van der Waals surface area contributed by atoms with E-state index in [-0.39, 0.29) is 12.1 Å². The van der Waals surface area contributed by atoms with Crippen molar-refractivity contribution in [1.82, 2.24) is 0 Å². The summed E-state index contributed by atoms with van der Waals surface area (Å²) in [4.78, 5) is 4.59. The summed E-state index contributed by atoms with van der Waals surface area (Å²) < 4.78 is 11.4. The number of hydrogen-bond donors (Lipinski definition) is 1. The largest absolute Gasteiger partial charge is 0.475 e. The molecule has 1 aliphatic heterocycles. The fourth-order valence-corrected chi connectivity index (χ4v) is 2.78. The maximum Gasteiger partial charge on any atom is 0.216 e. The van der Waals surface area contributed by atoms with Gasteiger partial charge in [-0.3, -0.25) is 0 Å². The molecule has 0 amide bonds. The second-order valence-electron chi connectivity index (χ2n) is 6.46. The minimum absolute atomic E-state index is 0.108. The van der Waals surface area contributed by atoms with E-state index in [2.05, 4.69) is 4.99 Å². The third-order valence-corrected chi connectivity index (χ3v) is 4.34. The fourth-order valence-electron chi connectivity index (χ4n) is 2.78. The quantitative estimate of drug-likeness (QED) is 0.589. The van der Waals surface area contributed by atoms with Crippen LogP contribution in [0.25, 0.3) is 0 Å². The van der Waals surface area contributed by atoms with Gasteiger partial charge in [-0.25, -0.2) is 4.99 Å². The number of aliphatic hydroxyl groups excluding tert-OH is 1. The molecule has 0 aliphatic carbocycles. The van der Waals surface area contributed by atoms with E-state index in [4.69, 9.17) is 9.47 Å². The highest BCUT2D eigenvalue weighted by Gasteiger charge is 2.19. The van der Waals surface area contributed by atoms with E-state index in [1.807, 2.05) is 37.3 Å². The van der Waals surface area contributed by atoms with Gasteiger partial charge in [0.25, 0.3) is 0 Å². The minimum atomic E-state index is -0.108. The monoisotopic (exact) mass is 333 g/mol. The van der Waals surface area contributed by atoms with Crippen molar-refractivity contribution in [3.8, 4) is 0 Å². The van der Waals surface area contributed by atoms with E-state index < -0.39 is 0 Å². The molecular formula is C20H31NO3. The first-order chi connectivity index (χ1) is 11.8. The van der Waals surface area contributed by atoms with Crippen LogP contribution in [-0.2, 0) is 9.47 Å². The summed E-state index contributed by atoms with van der Waals surface area (Å²) in [5, 5.41) is 9.48. The van der Waals surface area contributed by atoms with Crippen LogP contribution in [-0.4, -0.2) is 43.0 Å². The van der Waals surface area contributed by atoms with Gasteiger partial charge in [-0.1, -0.05) is 50.8 Å². The molecule has 134 valence electrons. The molecule has 0 aromatic heterocycles. The van der Waals surface area contributed by atoms with Gasteiger partial charge in [0.1, 0.15) is 12.6 Å². The Hall–Kier alpha value is -1.39. The summed E-state index contributed by atoms with van der Waals surface area (Å²) in [6.45, 7) is 4.08. The van der Waals surface area contributed by atoms with Crippen LogP contribution in [0.4, 0.5) is 0 Å². The van der Waals surface area contributed by atoms with E-state index in [0.717, 1.165) is 43.8 Å². The standard InChI is InChI=1S/C20H31NO3/c1-2-19(22)13-9-4-3-5-10-14-23-15-18-16-24-20(21-18)17-11-7-6-8-12-17/h6-8,11-12,18-19,22H,2-5,9-10,13-16H2,1H3/t18-,19-/m1/s1. The number of aliphatic hydroxyl groups is 1. The van der Waals surface area contributed by atoms with Gasteiger partial charge >= 0.3 is 0 Å². The molecule has 0 saturated carbocycles. The Kier molecular flexibility index (Phi) is 8.85. The molecule has 1 aromatic carbocycles. The lowest BCUT2D eigenvalue weighted by molar-refractivity contribution is 0.109. The summed E-state index contributed by atoms with van der Waals surface area (Å²) >= 11 is 0. The number of hydrogen-bond acceptors (Lipinski definition) is 4. The highest BCUT2D eigenvalue weighted by Crippen LogP contribution is 2.13. The zero-order valence-corrected chi connectivity index (χ0v) is 14.8. The molecule has 0 bridgehead atoms. The number of aliphatic imine (C=N–C) groups is 1. The summed E-state index contributed by atoms with van der Waals surface area (Å²) in [6.07, 6.45) is 7.56. The van der Waals surface area contributed by atoms with E-state index in [0.29, 0.717) is 13.2 Å². The Morgan fingerprint density at radius 1 is 1.17 bits per heavy atom. The first kappa shape index (κ1) is 18.9. The average Bonchev–Trinajstić information content (AvgIpc) is 3.09. The van der Waals surface area contributed by atoms with Crippen LogP contribution in [0.5, 0.6) is 0 Å². The Morgan fingerprint density at radius 2 is 1.92 bits per heavy atom. The Balaban J connectivity index is 1.48. The first-order valence-electron chi connectivity index (χ1n) is 9.31. The Labute approximate surface area is 145 Å². The lowest BCUT2D eigenvalue weighted by atomic mass is 10.1. The van der Waals surface area contributed by atoms with Crippen LogP contribution in [0.3, 0.4) is 0 Å². The van der Waals surface area contributed by atoms with Gasteiger partial charge < -0.3 is 14.6 Å². The van der Waals surface area contributed by atoms with Crippen molar-refractivity contribution in [3.05, 3.63) is 35.9 Å². The molecule has 0 spiro atoms. The van der Waals surface area contributed by atoms with Gasteiger partial charge in [0.2, 0.25) is 5.90 Å². The SMILES string of the molecule is CC[C@@H](O)CCCCCCCOC[C@@H]1COC(c2ccccc2)=N1. The van der Waals surface area contributed by atoms with E-state index in [1.54, 1.807) is 0 Å². The van der Waals surface area contributed by atoms with Gasteiger partial charge in [0.15, 0.2) is 0 Å². The van der Waals surface area contributed by atoms with Crippen LogP contribution < -0.4 is 0 Å². The van der Waals surface area contributed by atoms with Crippen molar-refractivity contribution in [1.29, 1.82) is 0 Å². The highest BCUT2D eigenvalue weighted by atomic mass is 16.5. The number of benzene rings is 1. The molecule has 0 radical (unpaired) electrons. The smallest absolute Gasteiger partial charge is 0.216 e. The maximum atomic E-state index is 9.48. The molecule has 4 heteroatoms. The van der Waals surface area contributed by atoms with Crippen molar-refractivity contribution < 1.29 is 14.6 Å². The van der Waals surface area contributed by atoms with E-state index in [1.165, 1.54) is 19.3 Å². The van der Waals surface area contributed by atoms with Gasteiger partial charge in [0, 0.05) is 12.2 Å². The molecule has 0 saturated heterocycles. The highest BCUT2D eigenvalue weighted by molar-refractivity contribution is 5.95. The molecule has 1 N–H and O–H groups in total. The van der Waals surface area contributed by atoms with Crippen molar-refractivity contribution in [2.75, 3.05) is 19.8 Å². The van der Waals surface area contributed by atoms with Crippen molar-refractivity contribution in [2.45, 2.75) is 64.0 Å². The van der Waals surface area contributed by atoms with Gasteiger partial charge in [-0.15, -0.1) is 0 Å². The molecule has 2 rings (SSSR count). The van der Waals surface area contributed by atoms with Crippen molar-refractivity contribution in [2.24, 2.45) is 4.99 Å². The predicted octanol–water partition coefficient (Wildman–Crippen LogP) is 3.96. The van der Waals surface area contributed by atoms with Crippen LogP contribution in [0.15, 0.2) is 35.3 Å². The van der Waals surface area contributed by atoms with Crippen LogP contribution in [0, 0.1) is 0 Å².